The van der Waals surface area contributed by atoms with Gasteiger partial charge < -0.3 is 15.4 Å². The Morgan fingerprint density at radius 2 is 1.87 bits per heavy atom. The van der Waals surface area contributed by atoms with Gasteiger partial charge in [0.2, 0.25) is 0 Å². The molecule has 86 valence electrons. The standard InChI is InChI=1S/C5H10NO7P.Mg.2H/c6-3(5(8)9)1-2-4(7)13-14(10,11)12;;;/h3H,1-2,6H2,(H,8,9)(H2,10,11,12);;;/t3-;;;/m0.../s1. The summed E-state index contributed by atoms with van der Waals surface area (Å²) in [6.45, 7) is 0. The van der Waals surface area contributed by atoms with E-state index in [9.17, 15) is 14.2 Å². The van der Waals surface area contributed by atoms with E-state index >= 15 is 0 Å². The molecule has 0 amide bonds. The molecule has 1 atom stereocenters. The van der Waals surface area contributed by atoms with Crippen LogP contribution >= 0.6 is 7.82 Å². The largest absolute Gasteiger partial charge is 0.526 e. The molecule has 0 saturated heterocycles. The van der Waals surface area contributed by atoms with Gasteiger partial charge >= 0.3 is 42.8 Å². The Bertz CT molecular complexity index is 277. The molecule has 0 aliphatic carbocycles. The molecule has 0 aromatic rings. The summed E-state index contributed by atoms with van der Waals surface area (Å²) < 4.78 is 13.8. The highest BCUT2D eigenvalue weighted by Crippen LogP contribution is 2.36. The van der Waals surface area contributed by atoms with Crippen molar-refractivity contribution >= 4 is 42.8 Å². The van der Waals surface area contributed by atoms with Gasteiger partial charge in [0.05, 0.1) is 0 Å². The summed E-state index contributed by atoms with van der Waals surface area (Å²) in [6, 6.07) is -1.25. The van der Waals surface area contributed by atoms with Crippen LogP contribution in [0.4, 0.5) is 0 Å². The van der Waals surface area contributed by atoms with E-state index in [0.717, 1.165) is 0 Å². The van der Waals surface area contributed by atoms with Gasteiger partial charge in [0.15, 0.2) is 0 Å². The Hall–Kier alpha value is -0.184. The van der Waals surface area contributed by atoms with Gasteiger partial charge in [-0.05, 0) is 6.42 Å². The fraction of sp³-hybridized carbons (Fsp3) is 0.600. The Labute approximate surface area is 101 Å². The summed E-state index contributed by atoms with van der Waals surface area (Å²) in [5.74, 6) is -2.48. The van der Waals surface area contributed by atoms with Gasteiger partial charge in [-0.3, -0.25) is 19.4 Å². The Balaban J connectivity index is 0. The minimum atomic E-state index is -4.84. The second kappa shape index (κ2) is 7.15. The number of aliphatic carboxylic acids is 1. The van der Waals surface area contributed by atoms with Crippen molar-refractivity contribution in [3.05, 3.63) is 0 Å². The first kappa shape index (κ1) is 17.2. The van der Waals surface area contributed by atoms with Crippen LogP contribution < -0.4 is 5.73 Å². The Kier molecular flexibility index (Phi) is 8.21. The molecule has 0 aromatic heterocycles. The topological polar surface area (TPSA) is 147 Å². The summed E-state index contributed by atoms with van der Waals surface area (Å²) in [5.41, 5.74) is 5.03. The Morgan fingerprint density at radius 1 is 1.40 bits per heavy atom. The van der Waals surface area contributed by atoms with Gasteiger partial charge in [-0.25, -0.2) is 4.57 Å². The summed E-state index contributed by atoms with van der Waals surface area (Å²) in [7, 11) is -4.84. The van der Waals surface area contributed by atoms with E-state index in [-0.39, 0.29) is 29.5 Å². The van der Waals surface area contributed by atoms with Gasteiger partial charge in [-0.1, -0.05) is 0 Å². The number of rotatable bonds is 5. The highest BCUT2D eigenvalue weighted by Gasteiger charge is 2.21. The van der Waals surface area contributed by atoms with Crippen molar-refractivity contribution in [1.82, 2.24) is 0 Å². The predicted molar refractivity (Wildman–Crippen MR) is 51.5 cm³/mol. The van der Waals surface area contributed by atoms with Crippen molar-refractivity contribution < 1.29 is 33.6 Å². The molecule has 0 unspecified atom stereocenters. The number of carbonyl (C=O) groups is 2. The number of hydrogen-bond acceptors (Lipinski definition) is 5. The minimum Gasteiger partial charge on any atom is -0.480 e. The number of carboxylic acid groups (broad SMARTS) is 1. The van der Waals surface area contributed by atoms with Gasteiger partial charge in [0.1, 0.15) is 6.04 Å². The van der Waals surface area contributed by atoms with E-state index in [0.29, 0.717) is 0 Å². The molecule has 0 heterocycles. The van der Waals surface area contributed by atoms with E-state index in [1.165, 1.54) is 0 Å². The molecule has 0 saturated carbocycles. The lowest BCUT2D eigenvalue weighted by Gasteiger charge is -2.06. The van der Waals surface area contributed by atoms with Gasteiger partial charge in [-0.2, -0.15) is 0 Å². The van der Waals surface area contributed by atoms with Crippen LogP contribution in [0, 0.1) is 0 Å². The molecule has 5 N–H and O–H groups in total. The van der Waals surface area contributed by atoms with Crippen LogP contribution in [0.2, 0.25) is 0 Å². The van der Waals surface area contributed by atoms with Gasteiger partial charge in [0.25, 0.3) is 0 Å². The molecule has 0 aliphatic heterocycles. The molecule has 15 heavy (non-hydrogen) atoms. The molecule has 0 spiro atoms. The number of carboxylic acids is 1. The average Bonchev–Trinajstić information content (AvgIpc) is 1.96. The van der Waals surface area contributed by atoms with Gasteiger partial charge in [-0.15, -0.1) is 0 Å². The third-order valence-electron chi connectivity index (χ3n) is 1.20. The first-order chi connectivity index (χ1) is 6.22. The molecule has 0 aromatic carbocycles. The van der Waals surface area contributed by atoms with Crippen LogP contribution in [-0.4, -0.2) is 55.9 Å². The van der Waals surface area contributed by atoms with Crippen molar-refractivity contribution in [1.29, 1.82) is 0 Å². The monoisotopic (exact) mass is 253 g/mol. The second-order valence-corrected chi connectivity index (χ2v) is 3.60. The lowest BCUT2D eigenvalue weighted by Crippen LogP contribution is -2.30. The first-order valence-electron chi connectivity index (χ1n) is 3.48. The molecule has 10 heteroatoms. The number of hydrogen-bond donors (Lipinski definition) is 4. The van der Waals surface area contributed by atoms with E-state index in [2.05, 4.69) is 4.52 Å². The molecule has 0 bridgehead atoms. The van der Waals surface area contributed by atoms with E-state index in [1.54, 1.807) is 0 Å². The van der Waals surface area contributed by atoms with Crippen LogP contribution in [0.1, 0.15) is 12.8 Å². The fourth-order valence-electron chi connectivity index (χ4n) is 0.575. The lowest BCUT2D eigenvalue weighted by atomic mass is 10.2. The van der Waals surface area contributed by atoms with Crippen molar-refractivity contribution in [2.24, 2.45) is 5.73 Å². The number of carbonyl (C=O) groups excluding carboxylic acids is 1. The van der Waals surface area contributed by atoms with Crippen molar-refractivity contribution in [2.45, 2.75) is 18.9 Å². The number of phosphoric ester groups is 1. The van der Waals surface area contributed by atoms with Gasteiger partial charge in [0, 0.05) is 6.42 Å². The zero-order valence-electron chi connectivity index (χ0n) is 6.99. The molecule has 0 radical (unpaired) electrons. The number of nitrogens with two attached hydrogens (primary N) is 1. The maximum absolute atomic E-state index is 10.6. The second-order valence-electron chi connectivity index (χ2n) is 2.44. The van der Waals surface area contributed by atoms with Crippen LogP contribution in [0.25, 0.3) is 0 Å². The third-order valence-corrected chi connectivity index (χ3v) is 1.64. The molecular formula is C5H12MgNO7P. The maximum Gasteiger partial charge on any atom is 0.526 e. The maximum atomic E-state index is 10.6. The quantitative estimate of drug-likeness (QED) is 0.322. The normalized spacial score (nSPS) is 12.5. The molecule has 0 aliphatic rings. The zero-order valence-corrected chi connectivity index (χ0v) is 7.89. The van der Waals surface area contributed by atoms with Crippen LogP contribution in [0.5, 0.6) is 0 Å². The number of phosphoric acid groups is 1. The Morgan fingerprint density at radius 3 is 2.20 bits per heavy atom. The molecular weight excluding hydrogens is 241 g/mol. The fourth-order valence-corrected chi connectivity index (χ4v) is 0.932. The minimum absolute atomic E-state index is 0. The summed E-state index contributed by atoms with van der Waals surface area (Å²) in [4.78, 5) is 37.2. The van der Waals surface area contributed by atoms with Crippen molar-refractivity contribution in [3.8, 4) is 0 Å². The van der Waals surface area contributed by atoms with Crippen molar-refractivity contribution in [2.75, 3.05) is 0 Å². The molecule has 0 fully saturated rings. The first-order valence-corrected chi connectivity index (χ1v) is 5.02. The van der Waals surface area contributed by atoms with E-state index < -0.39 is 32.2 Å². The third kappa shape index (κ3) is 10.1. The van der Waals surface area contributed by atoms with E-state index in [4.69, 9.17) is 20.6 Å². The molecule has 0 rings (SSSR count). The predicted octanol–water partition coefficient (Wildman–Crippen LogP) is -2.10. The van der Waals surface area contributed by atoms with Crippen molar-refractivity contribution in [3.63, 3.8) is 0 Å². The van der Waals surface area contributed by atoms with E-state index in [1.807, 2.05) is 0 Å². The average molecular weight is 253 g/mol. The lowest BCUT2D eigenvalue weighted by molar-refractivity contribution is -0.139. The van der Waals surface area contributed by atoms with Crippen LogP contribution in [0.15, 0.2) is 0 Å². The summed E-state index contributed by atoms with van der Waals surface area (Å²) >= 11 is 0. The highest BCUT2D eigenvalue weighted by molar-refractivity contribution is 7.46. The zero-order chi connectivity index (χ0) is 11.4. The van der Waals surface area contributed by atoms with Crippen LogP contribution in [0.3, 0.4) is 0 Å². The molecule has 8 nitrogen and oxygen atoms in total. The highest BCUT2D eigenvalue weighted by atomic mass is 31.2. The smallest absolute Gasteiger partial charge is 0.480 e. The van der Waals surface area contributed by atoms with Crippen LogP contribution in [-0.2, 0) is 18.7 Å². The summed E-state index contributed by atoms with van der Waals surface area (Å²) in [6.07, 6.45) is -0.702. The summed E-state index contributed by atoms with van der Waals surface area (Å²) in [5, 5.41) is 8.30. The SMILES string of the molecule is N[C@@H](CCC(=O)OP(=O)(O)O)C(=O)O.[MgH2].